The van der Waals surface area contributed by atoms with E-state index in [0.717, 1.165) is 49.2 Å². The van der Waals surface area contributed by atoms with E-state index in [1.54, 1.807) is 0 Å². The van der Waals surface area contributed by atoms with Crippen molar-refractivity contribution in [3.63, 3.8) is 0 Å². The molecular formula is C31H46O5. The van der Waals surface area contributed by atoms with E-state index in [0.29, 0.717) is 13.0 Å². The van der Waals surface area contributed by atoms with Crippen molar-refractivity contribution in [2.24, 2.45) is 5.41 Å². The molecule has 1 unspecified atom stereocenters. The van der Waals surface area contributed by atoms with Crippen molar-refractivity contribution >= 4 is 5.78 Å². The van der Waals surface area contributed by atoms with E-state index in [9.17, 15) is 9.90 Å². The average molecular weight is 499 g/mol. The van der Waals surface area contributed by atoms with Gasteiger partial charge in [0.15, 0.2) is 5.78 Å². The zero-order valence-corrected chi connectivity index (χ0v) is 23.1. The number of benzene rings is 2. The van der Waals surface area contributed by atoms with Gasteiger partial charge in [-0.05, 0) is 79.3 Å². The van der Waals surface area contributed by atoms with Crippen LogP contribution in [0.25, 0.3) is 0 Å². The van der Waals surface area contributed by atoms with Gasteiger partial charge in [0.05, 0.1) is 12.7 Å². The summed E-state index contributed by atoms with van der Waals surface area (Å²) in [6.07, 6.45) is 4.43. The minimum Gasteiger partial charge on any atom is -0.494 e. The summed E-state index contributed by atoms with van der Waals surface area (Å²) in [4.78, 5) is 11.2. The fourth-order valence-corrected chi connectivity index (χ4v) is 4.50. The molecule has 0 saturated heterocycles. The molecule has 5 heteroatoms. The number of carbonyl (C=O) groups excluding carboxylic acids is 1. The highest BCUT2D eigenvalue weighted by Gasteiger charge is 2.31. The van der Waals surface area contributed by atoms with Crippen LogP contribution in [0.5, 0.6) is 11.5 Å². The third-order valence-electron chi connectivity index (χ3n) is 7.28. The fourth-order valence-electron chi connectivity index (χ4n) is 4.50. The maximum Gasteiger partial charge on any atom is 0.158 e. The van der Waals surface area contributed by atoms with Crippen LogP contribution in [0.4, 0.5) is 0 Å². The monoisotopic (exact) mass is 498 g/mol. The molecule has 2 aromatic rings. The number of aryl methyl sites for hydroxylation is 1. The van der Waals surface area contributed by atoms with Gasteiger partial charge in [0, 0.05) is 11.8 Å². The molecule has 2 rings (SSSR count). The van der Waals surface area contributed by atoms with Gasteiger partial charge in [0.1, 0.15) is 24.7 Å². The topological polar surface area (TPSA) is 76.0 Å². The molecular weight excluding hydrogens is 452 g/mol. The Bertz CT molecular complexity index is 938. The summed E-state index contributed by atoms with van der Waals surface area (Å²) in [5.74, 6) is 1.56. The average Bonchev–Trinajstić information content (AvgIpc) is 2.86. The lowest BCUT2D eigenvalue weighted by molar-refractivity contribution is -0.121. The van der Waals surface area contributed by atoms with E-state index >= 15 is 0 Å². The summed E-state index contributed by atoms with van der Waals surface area (Å²) in [5.41, 5.74) is 3.27. The van der Waals surface area contributed by atoms with Crippen LogP contribution in [0, 0.1) is 12.3 Å². The lowest BCUT2D eigenvalue weighted by atomic mass is 9.70. The third kappa shape index (κ3) is 8.07. The van der Waals surface area contributed by atoms with E-state index < -0.39 is 6.10 Å². The lowest BCUT2D eigenvalue weighted by Gasteiger charge is -2.34. The molecule has 0 aromatic heterocycles. The zero-order valence-electron chi connectivity index (χ0n) is 23.1. The molecule has 0 aliphatic rings. The summed E-state index contributed by atoms with van der Waals surface area (Å²) >= 11 is 0. The van der Waals surface area contributed by atoms with Crippen LogP contribution in [0.2, 0.25) is 0 Å². The molecule has 0 aliphatic heterocycles. The van der Waals surface area contributed by atoms with Crippen LogP contribution in [-0.4, -0.2) is 41.9 Å². The van der Waals surface area contributed by atoms with Crippen molar-refractivity contribution in [3.05, 3.63) is 59.2 Å². The van der Waals surface area contributed by atoms with E-state index in [2.05, 4.69) is 45.0 Å². The maximum absolute atomic E-state index is 11.2. The Morgan fingerprint density at radius 2 is 1.56 bits per heavy atom. The van der Waals surface area contributed by atoms with Gasteiger partial charge < -0.3 is 19.7 Å². The molecule has 0 aliphatic carbocycles. The number of hydrogen-bond acceptors (Lipinski definition) is 5. The fraction of sp³-hybridized carbons (Fsp3) is 0.581. The maximum atomic E-state index is 11.2. The van der Waals surface area contributed by atoms with E-state index in [4.69, 9.17) is 14.6 Å². The molecule has 0 fully saturated rings. The second-order valence-corrected chi connectivity index (χ2v) is 10.8. The Hall–Kier alpha value is -2.37. The van der Waals surface area contributed by atoms with Crippen LogP contribution >= 0.6 is 0 Å². The van der Waals surface area contributed by atoms with Crippen LogP contribution in [0.3, 0.4) is 0 Å². The molecule has 200 valence electrons. The second kappa shape index (κ2) is 13.8. The van der Waals surface area contributed by atoms with Gasteiger partial charge in [0.25, 0.3) is 0 Å². The number of Topliss-reactive ketones (excluding diaryl/α,β-unsaturated/α-hetero) is 1. The first-order chi connectivity index (χ1) is 17.1. The van der Waals surface area contributed by atoms with E-state index in [-0.39, 0.29) is 29.8 Å². The highest BCUT2D eigenvalue weighted by molar-refractivity contribution is 5.79. The largest absolute Gasteiger partial charge is 0.494 e. The number of ketones is 1. The first-order valence-electron chi connectivity index (χ1n) is 13.3. The van der Waals surface area contributed by atoms with Gasteiger partial charge in [-0.2, -0.15) is 0 Å². The Kier molecular flexibility index (Phi) is 11.4. The lowest BCUT2D eigenvalue weighted by Crippen LogP contribution is -2.32. The van der Waals surface area contributed by atoms with Crippen molar-refractivity contribution in [2.75, 3.05) is 19.8 Å². The predicted octanol–water partition coefficient (Wildman–Crippen LogP) is 6.39. The van der Waals surface area contributed by atoms with Crippen LogP contribution in [0.1, 0.15) is 89.8 Å². The third-order valence-corrected chi connectivity index (χ3v) is 7.28. The SMILES string of the molecule is CCC(CC)(c1ccc(OCCCCCC(=O)CO)cc1)c1ccc(OCC(O)C(C)(C)C)c(C)c1. The van der Waals surface area contributed by atoms with Crippen LogP contribution in [0.15, 0.2) is 42.5 Å². The van der Waals surface area contributed by atoms with Gasteiger partial charge in [-0.15, -0.1) is 0 Å². The first-order valence-corrected chi connectivity index (χ1v) is 13.3. The molecule has 0 spiro atoms. The number of ether oxygens (including phenoxy) is 2. The van der Waals surface area contributed by atoms with Gasteiger partial charge >= 0.3 is 0 Å². The summed E-state index contributed by atoms with van der Waals surface area (Å²) in [5, 5.41) is 19.1. The molecule has 0 amide bonds. The van der Waals surface area contributed by atoms with E-state index in [1.165, 1.54) is 11.1 Å². The minimum atomic E-state index is -0.529. The van der Waals surface area contributed by atoms with Gasteiger partial charge in [0.2, 0.25) is 0 Å². The van der Waals surface area contributed by atoms with Gasteiger partial charge in [-0.1, -0.05) is 58.9 Å². The number of aliphatic hydroxyl groups excluding tert-OH is 2. The molecule has 36 heavy (non-hydrogen) atoms. The number of carbonyl (C=O) groups is 1. The quantitative estimate of drug-likeness (QED) is 0.278. The van der Waals surface area contributed by atoms with Crippen molar-refractivity contribution < 1.29 is 24.5 Å². The van der Waals surface area contributed by atoms with Crippen molar-refractivity contribution in [2.45, 2.75) is 91.6 Å². The summed E-state index contributed by atoms with van der Waals surface area (Å²) in [6.45, 7) is 13.1. The highest BCUT2D eigenvalue weighted by Crippen LogP contribution is 2.41. The number of unbranched alkanes of at least 4 members (excludes halogenated alkanes) is 2. The molecule has 2 aromatic carbocycles. The highest BCUT2D eigenvalue weighted by atomic mass is 16.5. The number of aliphatic hydroxyl groups is 2. The van der Waals surface area contributed by atoms with Crippen LogP contribution in [-0.2, 0) is 10.2 Å². The summed E-state index contributed by atoms with van der Waals surface area (Å²) < 4.78 is 11.9. The normalized spacial score (nSPS) is 12.9. The van der Waals surface area contributed by atoms with Crippen LogP contribution < -0.4 is 9.47 Å². The van der Waals surface area contributed by atoms with E-state index in [1.807, 2.05) is 39.0 Å². The molecule has 0 bridgehead atoms. The smallest absolute Gasteiger partial charge is 0.158 e. The Morgan fingerprint density at radius 1 is 0.917 bits per heavy atom. The van der Waals surface area contributed by atoms with Gasteiger partial charge in [-0.3, -0.25) is 4.79 Å². The molecule has 2 N–H and O–H groups in total. The summed E-state index contributed by atoms with van der Waals surface area (Å²) in [7, 11) is 0. The molecule has 5 nitrogen and oxygen atoms in total. The van der Waals surface area contributed by atoms with Gasteiger partial charge in [-0.25, -0.2) is 0 Å². The Morgan fingerprint density at radius 3 is 2.11 bits per heavy atom. The molecule has 1 atom stereocenters. The predicted molar refractivity (Wildman–Crippen MR) is 146 cm³/mol. The zero-order chi connectivity index (χ0) is 26.8. The summed E-state index contributed by atoms with van der Waals surface area (Å²) in [6, 6.07) is 14.8. The van der Waals surface area contributed by atoms with Crippen molar-refractivity contribution in [1.82, 2.24) is 0 Å². The van der Waals surface area contributed by atoms with Crippen molar-refractivity contribution in [1.29, 1.82) is 0 Å². The van der Waals surface area contributed by atoms with Crippen molar-refractivity contribution in [3.8, 4) is 11.5 Å². The molecule has 0 radical (unpaired) electrons. The molecule has 0 heterocycles. The first kappa shape index (κ1) is 29.9. The Labute approximate surface area is 217 Å². The number of hydrogen-bond donors (Lipinski definition) is 2. The second-order valence-electron chi connectivity index (χ2n) is 10.8. The Balaban J connectivity index is 2.06. The minimum absolute atomic E-state index is 0.0986. The number of rotatable bonds is 15. The standard InChI is InChI=1S/C31H46O5/c1-7-31(8-2,25-15-18-28(23(3)20-25)36-22-29(34)30(4,5)6)24-13-16-27(17-14-24)35-19-11-9-10-12-26(33)21-32/h13-18,20,29,32,34H,7-12,19,21-22H2,1-6H3. The molecule has 0 saturated carbocycles.